The van der Waals surface area contributed by atoms with Crippen molar-refractivity contribution in [3.8, 4) is 0 Å². The van der Waals surface area contributed by atoms with E-state index in [9.17, 15) is 4.79 Å². The van der Waals surface area contributed by atoms with E-state index in [0.717, 1.165) is 6.42 Å². The lowest BCUT2D eigenvalue weighted by Crippen LogP contribution is -2.48. The maximum Gasteiger partial charge on any atom is 0.224 e. The fourth-order valence-electron chi connectivity index (χ4n) is 1.58. The van der Waals surface area contributed by atoms with Gasteiger partial charge in [0.1, 0.15) is 0 Å². The zero-order valence-electron chi connectivity index (χ0n) is 9.03. The first-order chi connectivity index (χ1) is 6.65. The van der Waals surface area contributed by atoms with E-state index in [4.69, 9.17) is 10.5 Å². The number of hydrogen-bond donors (Lipinski definition) is 1. The summed E-state index contributed by atoms with van der Waals surface area (Å²) in [7, 11) is 0. The summed E-state index contributed by atoms with van der Waals surface area (Å²) in [6.07, 6.45) is 1.31. The molecule has 0 aliphatic carbocycles. The second-order valence-corrected chi connectivity index (χ2v) is 3.88. The van der Waals surface area contributed by atoms with Gasteiger partial charge in [0, 0.05) is 19.0 Å². The van der Waals surface area contributed by atoms with Gasteiger partial charge >= 0.3 is 0 Å². The third kappa shape index (κ3) is 2.96. The van der Waals surface area contributed by atoms with Crippen molar-refractivity contribution >= 4 is 5.91 Å². The highest BCUT2D eigenvalue weighted by Crippen LogP contribution is 2.09. The Balaban J connectivity index is 2.42. The van der Waals surface area contributed by atoms with Crippen LogP contribution in [0.25, 0.3) is 0 Å². The first kappa shape index (κ1) is 11.5. The van der Waals surface area contributed by atoms with Crippen molar-refractivity contribution < 1.29 is 9.53 Å². The van der Waals surface area contributed by atoms with Crippen molar-refractivity contribution in [2.75, 3.05) is 19.8 Å². The molecule has 82 valence electrons. The summed E-state index contributed by atoms with van der Waals surface area (Å²) >= 11 is 0. The fraction of sp³-hybridized carbons (Fsp3) is 0.900. The average Bonchev–Trinajstić information content (AvgIpc) is 2.18. The van der Waals surface area contributed by atoms with Gasteiger partial charge in [-0.15, -0.1) is 0 Å². The van der Waals surface area contributed by atoms with Crippen molar-refractivity contribution in [1.29, 1.82) is 0 Å². The van der Waals surface area contributed by atoms with Crippen LogP contribution < -0.4 is 5.73 Å². The minimum atomic E-state index is -0.00227. The van der Waals surface area contributed by atoms with Gasteiger partial charge in [-0.25, -0.2) is 0 Å². The summed E-state index contributed by atoms with van der Waals surface area (Å²) in [6.45, 7) is 6.01. The second kappa shape index (κ2) is 5.32. The number of carbonyl (C=O) groups excluding carboxylic acids is 1. The standard InChI is InChI=1S/C10H20N2O2/c1-3-9(11)6-10(13)12-4-5-14-7-8(12)2/h8-9H,3-7,11H2,1-2H3/t8-,9?/m1/s1. The van der Waals surface area contributed by atoms with Gasteiger partial charge in [-0.2, -0.15) is 0 Å². The third-order valence-corrected chi connectivity index (χ3v) is 2.65. The molecule has 1 fully saturated rings. The largest absolute Gasteiger partial charge is 0.377 e. The quantitative estimate of drug-likeness (QED) is 0.715. The molecule has 4 heteroatoms. The lowest BCUT2D eigenvalue weighted by Gasteiger charge is -2.33. The second-order valence-electron chi connectivity index (χ2n) is 3.88. The van der Waals surface area contributed by atoms with Crippen molar-refractivity contribution in [2.45, 2.75) is 38.8 Å². The molecule has 0 aromatic rings. The molecule has 1 amide bonds. The third-order valence-electron chi connectivity index (χ3n) is 2.65. The minimum absolute atomic E-state index is 0.00227. The molecule has 0 radical (unpaired) electrons. The number of nitrogens with zero attached hydrogens (tertiary/aromatic N) is 1. The summed E-state index contributed by atoms with van der Waals surface area (Å²) in [5.74, 6) is 0.162. The van der Waals surface area contributed by atoms with Crippen LogP contribution >= 0.6 is 0 Å². The Hall–Kier alpha value is -0.610. The van der Waals surface area contributed by atoms with E-state index in [-0.39, 0.29) is 18.0 Å². The van der Waals surface area contributed by atoms with Gasteiger partial charge in [0.05, 0.1) is 19.3 Å². The number of rotatable bonds is 3. The van der Waals surface area contributed by atoms with Crippen molar-refractivity contribution in [2.24, 2.45) is 5.73 Å². The van der Waals surface area contributed by atoms with E-state index in [1.807, 2.05) is 18.7 Å². The summed E-state index contributed by atoms with van der Waals surface area (Å²) < 4.78 is 5.27. The highest BCUT2D eigenvalue weighted by molar-refractivity contribution is 5.77. The Morgan fingerprint density at radius 1 is 1.71 bits per heavy atom. The molecule has 0 spiro atoms. The van der Waals surface area contributed by atoms with Crippen LogP contribution in [-0.2, 0) is 9.53 Å². The molecule has 1 rings (SSSR count). The lowest BCUT2D eigenvalue weighted by atomic mass is 10.1. The maximum absolute atomic E-state index is 11.8. The lowest BCUT2D eigenvalue weighted by molar-refractivity contribution is -0.139. The minimum Gasteiger partial charge on any atom is -0.377 e. The molecule has 0 aromatic heterocycles. The van der Waals surface area contributed by atoms with E-state index < -0.39 is 0 Å². The normalized spacial score (nSPS) is 24.8. The van der Waals surface area contributed by atoms with Gasteiger partial charge < -0.3 is 15.4 Å². The van der Waals surface area contributed by atoms with Crippen LogP contribution in [0.4, 0.5) is 0 Å². The van der Waals surface area contributed by atoms with E-state index >= 15 is 0 Å². The molecule has 14 heavy (non-hydrogen) atoms. The number of hydrogen-bond acceptors (Lipinski definition) is 3. The van der Waals surface area contributed by atoms with Crippen LogP contribution in [0.15, 0.2) is 0 Å². The number of nitrogens with two attached hydrogens (primary N) is 1. The molecular formula is C10H20N2O2. The number of morpholine rings is 1. The molecule has 1 unspecified atom stereocenters. The Labute approximate surface area is 85.4 Å². The molecule has 1 aliphatic rings. The SMILES string of the molecule is CCC(N)CC(=O)N1CCOC[C@H]1C. The Morgan fingerprint density at radius 3 is 3.00 bits per heavy atom. The van der Waals surface area contributed by atoms with Crippen molar-refractivity contribution in [3.63, 3.8) is 0 Å². The average molecular weight is 200 g/mol. The van der Waals surface area contributed by atoms with Crippen LogP contribution in [0.2, 0.25) is 0 Å². The first-order valence-corrected chi connectivity index (χ1v) is 5.28. The highest BCUT2D eigenvalue weighted by Gasteiger charge is 2.24. The molecule has 1 heterocycles. The van der Waals surface area contributed by atoms with Crippen LogP contribution in [0.5, 0.6) is 0 Å². The predicted molar refractivity (Wildman–Crippen MR) is 54.9 cm³/mol. The summed E-state index contributed by atoms with van der Waals surface area (Å²) in [6, 6.07) is 0.192. The molecular weight excluding hydrogens is 180 g/mol. The van der Waals surface area contributed by atoms with Gasteiger partial charge in [-0.1, -0.05) is 6.92 Å². The molecule has 2 N–H and O–H groups in total. The molecule has 4 nitrogen and oxygen atoms in total. The maximum atomic E-state index is 11.8. The monoisotopic (exact) mass is 200 g/mol. The number of amides is 1. The number of carbonyl (C=O) groups is 1. The molecule has 1 aliphatic heterocycles. The Morgan fingerprint density at radius 2 is 2.43 bits per heavy atom. The molecule has 1 saturated heterocycles. The summed E-state index contributed by atoms with van der Waals surface area (Å²) in [5, 5.41) is 0. The molecule has 2 atom stereocenters. The highest BCUT2D eigenvalue weighted by atomic mass is 16.5. The van der Waals surface area contributed by atoms with Gasteiger partial charge in [-0.05, 0) is 13.3 Å². The van der Waals surface area contributed by atoms with Gasteiger partial charge in [0.2, 0.25) is 5.91 Å². The summed E-state index contributed by atoms with van der Waals surface area (Å²) in [4.78, 5) is 13.6. The fourth-order valence-corrected chi connectivity index (χ4v) is 1.58. The Kier molecular flexibility index (Phi) is 4.35. The Bertz CT molecular complexity index is 197. The smallest absolute Gasteiger partial charge is 0.224 e. The van der Waals surface area contributed by atoms with Crippen LogP contribution in [0.1, 0.15) is 26.7 Å². The zero-order chi connectivity index (χ0) is 10.6. The zero-order valence-corrected chi connectivity index (χ0v) is 9.03. The molecule has 0 bridgehead atoms. The molecule has 0 saturated carbocycles. The van der Waals surface area contributed by atoms with Crippen LogP contribution in [0, 0.1) is 0 Å². The van der Waals surface area contributed by atoms with E-state index in [1.54, 1.807) is 0 Å². The number of ether oxygens (including phenoxy) is 1. The predicted octanol–water partition coefficient (Wildman–Crippen LogP) is 0.361. The summed E-state index contributed by atoms with van der Waals surface area (Å²) in [5.41, 5.74) is 5.75. The van der Waals surface area contributed by atoms with Crippen LogP contribution in [-0.4, -0.2) is 42.6 Å². The van der Waals surface area contributed by atoms with Crippen molar-refractivity contribution in [3.05, 3.63) is 0 Å². The topological polar surface area (TPSA) is 55.6 Å². The molecule has 0 aromatic carbocycles. The van der Waals surface area contributed by atoms with Gasteiger partial charge in [0.25, 0.3) is 0 Å². The van der Waals surface area contributed by atoms with Crippen molar-refractivity contribution in [1.82, 2.24) is 4.90 Å². The first-order valence-electron chi connectivity index (χ1n) is 5.28. The van der Waals surface area contributed by atoms with Gasteiger partial charge in [-0.3, -0.25) is 4.79 Å². The van der Waals surface area contributed by atoms with E-state index in [0.29, 0.717) is 26.2 Å². The van der Waals surface area contributed by atoms with E-state index in [1.165, 1.54) is 0 Å². The van der Waals surface area contributed by atoms with Crippen LogP contribution in [0.3, 0.4) is 0 Å². The van der Waals surface area contributed by atoms with Gasteiger partial charge in [0.15, 0.2) is 0 Å². The van der Waals surface area contributed by atoms with E-state index in [2.05, 4.69) is 0 Å².